The second-order valence-corrected chi connectivity index (χ2v) is 4.71. The fourth-order valence-electron chi connectivity index (χ4n) is 2.11. The van der Waals surface area contributed by atoms with Crippen molar-refractivity contribution in [2.75, 3.05) is 5.32 Å². The monoisotopic (exact) mass is 236 g/mol. The Bertz CT molecular complexity index is 425. The molecule has 0 saturated carbocycles. The molecule has 3 nitrogen and oxygen atoms in total. The van der Waals surface area contributed by atoms with Gasteiger partial charge in [-0.25, -0.2) is 4.39 Å². The van der Waals surface area contributed by atoms with Crippen molar-refractivity contribution in [3.63, 3.8) is 0 Å². The van der Waals surface area contributed by atoms with Crippen molar-refractivity contribution in [3.05, 3.63) is 29.6 Å². The van der Waals surface area contributed by atoms with E-state index in [1.807, 2.05) is 6.92 Å². The van der Waals surface area contributed by atoms with Gasteiger partial charge in [0.2, 0.25) is 5.91 Å². The van der Waals surface area contributed by atoms with Crippen LogP contribution in [0.4, 0.5) is 10.1 Å². The maximum atomic E-state index is 12.9. The summed E-state index contributed by atoms with van der Waals surface area (Å²) in [5.41, 5.74) is 1.85. The highest BCUT2D eigenvalue weighted by molar-refractivity contribution is 5.82. The molecule has 4 heteroatoms. The molecule has 0 bridgehead atoms. The van der Waals surface area contributed by atoms with Gasteiger partial charge in [-0.2, -0.15) is 0 Å². The first-order chi connectivity index (χ1) is 8.04. The number of rotatable bonds is 4. The van der Waals surface area contributed by atoms with Crippen molar-refractivity contribution in [3.8, 4) is 0 Å². The van der Waals surface area contributed by atoms with Crippen LogP contribution in [-0.2, 0) is 4.79 Å². The summed E-state index contributed by atoms with van der Waals surface area (Å²) in [6.07, 6.45) is 1.51. The third-order valence-electron chi connectivity index (χ3n) is 3.03. The van der Waals surface area contributed by atoms with Crippen LogP contribution in [-0.4, -0.2) is 18.0 Å². The zero-order valence-electron chi connectivity index (χ0n) is 10.1. The van der Waals surface area contributed by atoms with Crippen molar-refractivity contribution in [1.29, 1.82) is 0 Å². The van der Waals surface area contributed by atoms with Gasteiger partial charge in [-0.3, -0.25) is 4.79 Å². The number of nitrogens with one attached hydrogen (secondary N) is 2. The van der Waals surface area contributed by atoms with Gasteiger partial charge in [-0.1, -0.05) is 0 Å². The average Bonchev–Trinajstić information content (AvgIpc) is 2.20. The Hall–Kier alpha value is -1.58. The molecule has 1 aliphatic heterocycles. The lowest BCUT2D eigenvalue weighted by Crippen LogP contribution is -2.50. The Morgan fingerprint density at radius 2 is 2.29 bits per heavy atom. The minimum Gasteiger partial charge on any atom is -0.382 e. The summed E-state index contributed by atoms with van der Waals surface area (Å²) in [6.45, 7) is 3.94. The molecule has 0 spiro atoms. The first-order valence-electron chi connectivity index (χ1n) is 5.86. The Kier molecular flexibility index (Phi) is 3.31. The molecule has 2 N–H and O–H groups in total. The summed E-state index contributed by atoms with van der Waals surface area (Å²) in [5.74, 6) is -0.0906. The third kappa shape index (κ3) is 2.96. The molecule has 0 aliphatic carbocycles. The minimum atomic E-state index is -0.216. The molecular formula is C13H17FN2O. The molecule has 0 radical (unpaired) electrons. The summed E-state index contributed by atoms with van der Waals surface area (Å²) in [4.78, 5) is 10.8. The number of hydrogen-bond donors (Lipinski definition) is 2. The van der Waals surface area contributed by atoms with Gasteiger partial charge in [0.25, 0.3) is 0 Å². The van der Waals surface area contributed by atoms with E-state index < -0.39 is 0 Å². The SMILES string of the molecule is Cc1cc(F)ccc1NC(C)CC1CC(=O)N1. The normalized spacial score (nSPS) is 20.4. The van der Waals surface area contributed by atoms with Crippen LogP contribution in [0.2, 0.25) is 0 Å². The van der Waals surface area contributed by atoms with Gasteiger partial charge < -0.3 is 10.6 Å². The summed E-state index contributed by atoms with van der Waals surface area (Å²) in [5, 5.41) is 6.18. The first kappa shape index (κ1) is 11.9. The van der Waals surface area contributed by atoms with Crippen LogP contribution in [0.5, 0.6) is 0 Å². The molecule has 1 aromatic carbocycles. The van der Waals surface area contributed by atoms with E-state index in [4.69, 9.17) is 0 Å². The second kappa shape index (κ2) is 4.73. The molecule has 1 heterocycles. The molecule has 2 atom stereocenters. The number of halogens is 1. The number of anilines is 1. The van der Waals surface area contributed by atoms with Crippen LogP contribution in [0.3, 0.4) is 0 Å². The maximum absolute atomic E-state index is 12.9. The molecule has 2 unspecified atom stereocenters. The molecular weight excluding hydrogens is 219 g/mol. The van der Waals surface area contributed by atoms with Gasteiger partial charge in [0.15, 0.2) is 0 Å². The maximum Gasteiger partial charge on any atom is 0.222 e. The molecule has 17 heavy (non-hydrogen) atoms. The minimum absolute atomic E-state index is 0.125. The zero-order valence-corrected chi connectivity index (χ0v) is 10.1. The van der Waals surface area contributed by atoms with Crippen molar-refractivity contribution in [2.45, 2.75) is 38.8 Å². The molecule has 1 saturated heterocycles. The topological polar surface area (TPSA) is 41.1 Å². The average molecular weight is 236 g/mol. The van der Waals surface area contributed by atoms with E-state index in [2.05, 4.69) is 17.6 Å². The van der Waals surface area contributed by atoms with Crippen molar-refractivity contribution in [2.24, 2.45) is 0 Å². The van der Waals surface area contributed by atoms with Crippen LogP contribution in [0.1, 0.15) is 25.3 Å². The van der Waals surface area contributed by atoms with E-state index in [9.17, 15) is 9.18 Å². The van der Waals surface area contributed by atoms with Crippen LogP contribution in [0.15, 0.2) is 18.2 Å². The molecule has 1 amide bonds. The van der Waals surface area contributed by atoms with E-state index in [-0.39, 0.29) is 23.8 Å². The van der Waals surface area contributed by atoms with Gasteiger partial charge in [-0.15, -0.1) is 0 Å². The largest absolute Gasteiger partial charge is 0.382 e. The highest BCUT2D eigenvalue weighted by atomic mass is 19.1. The number of aryl methyl sites for hydroxylation is 1. The van der Waals surface area contributed by atoms with Crippen LogP contribution in [0.25, 0.3) is 0 Å². The molecule has 1 aromatic rings. The van der Waals surface area contributed by atoms with Gasteiger partial charge >= 0.3 is 0 Å². The lowest BCUT2D eigenvalue weighted by atomic mass is 9.98. The number of carbonyl (C=O) groups excluding carboxylic acids is 1. The summed E-state index contributed by atoms with van der Waals surface area (Å²) < 4.78 is 12.9. The van der Waals surface area contributed by atoms with E-state index in [1.54, 1.807) is 6.07 Å². The number of amides is 1. The molecule has 0 aromatic heterocycles. The third-order valence-corrected chi connectivity index (χ3v) is 3.03. The quantitative estimate of drug-likeness (QED) is 0.787. The van der Waals surface area contributed by atoms with Crippen molar-refractivity contribution >= 4 is 11.6 Å². The van der Waals surface area contributed by atoms with E-state index in [1.165, 1.54) is 12.1 Å². The second-order valence-electron chi connectivity index (χ2n) is 4.71. The van der Waals surface area contributed by atoms with E-state index >= 15 is 0 Å². The highest BCUT2D eigenvalue weighted by Crippen LogP contribution is 2.19. The highest BCUT2D eigenvalue weighted by Gasteiger charge is 2.26. The Balaban J connectivity index is 1.89. The first-order valence-corrected chi connectivity index (χ1v) is 5.86. The standard InChI is InChI=1S/C13H17FN2O/c1-8-5-10(14)3-4-12(8)15-9(2)6-11-7-13(17)16-11/h3-5,9,11,15H,6-7H2,1-2H3,(H,16,17). The van der Waals surface area contributed by atoms with E-state index in [0.717, 1.165) is 17.7 Å². The van der Waals surface area contributed by atoms with Gasteiger partial charge in [0, 0.05) is 24.2 Å². The predicted molar refractivity (Wildman–Crippen MR) is 65.4 cm³/mol. The smallest absolute Gasteiger partial charge is 0.222 e. The molecule has 1 fully saturated rings. The fourth-order valence-corrected chi connectivity index (χ4v) is 2.11. The zero-order chi connectivity index (χ0) is 12.4. The van der Waals surface area contributed by atoms with Gasteiger partial charge in [0.05, 0.1) is 0 Å². The van der Waals surface area contributed by atoms with E-state index in [0.29, 0.717) is 6.42 Å². The van der Waals surface area contributed by atoms with Crippen LogP contribution < -0.4 is 10.6 Å². The van der Waals surface area contributed by atoms with Gasteiger partial charge in [0.1, 0.15) is 5.82 Å². The fraction of sp³-hybridized carbons (Fsp3) is 0.462. The lowest BCUT2D eigenvalue weighted by molar-refractivity contribution is -0.128. The summed E-state index contributed by atoms with van der Waals surface area (Å²) in [7, 11) is 0. The molecule has 92 valence electrons. The molecule has 1 aliphatic rings. The predicted octanol–water partition coefficient (Wildman–Crippen LogP) is 2.21. The Morgan fingerprint density at radius 1 is 1.59 bits per heavy atom. The summed E-state index contributed by atoms with van der Waals surface area (Å²) in [6, 6.07) is 5.25. The number of β-lactam (4-membered cyclic amide) rings is 1. The van der Waals surface area contributed by atoms with Crippen LogP contribution in [0, 0.1) is 12.7 Å². The summed E-state index contributed by atoms with van der Waals surface area (Å²) >= 11 is 0. The Morgan fingerprint density at radius 3 is 2.88 bits per heavy atom. The Labute approximate surface area is 100 Å². The molecule has 2 rings (SSSR count). The number of carbonyl (C=O) groups is 1. The van der Waals surface area contributed by atoms with Crippen molar-refractivity contribution < 1.29 is 9.18 Å². The van der Waals surface area contributed by atoms with Crippen molar-refractivity contribution in [1.82, 2.24) is 5.32 Å². The number of hydrogen-bond acceptors (Lipinski definition) is 2. The van der Waals surface area contributed by atoms with Gasteiger partial charge in [-0.05, 0) is 44.0 Å². The van der Waals surface area contributed by atoms with Crippen LogP contribution >= 0.6 is 0 Å². The lowest BCUT2D eigenvalue weighted by Gasteiger charge is -2.30. The number of benzene rings is 1.